The van der Waals surface area contributed by atoms with Crippen LogP contribution in [0, 0.1) is 0 Å². The van der Waals surface area contributed by atoms with E-state index in [0.29, 0.717) is 12.8 Å². The molecule has 0 bridgehead atoms. The first-order valence-corrected chi connectivity index (χ1v) is 14.0. The minimum atomic E-state index is -1.80. The monoisotopic (exact) mass is 543 g/mol. The van der Waals surface area contributed by atoms with Crippen LogP contribution < -0.4 is 5.73 Å². The number of hydrogen-bond donors (Lipinski definition) is 1. The smallest absolute Gasteiger partial charge is 0.306 e. The lowest BCUT2D eigenvalue weighted by Crippen LogP contribution is -2.50. The minimum absolute atomic E-state index is 0.157. The number of ether oxygens (including phenoxy) is 3. The number of halogens is 2. The van der Waals surface area contributed by atoms with Gasteiger partial charge >= 0.3 is 11.9 Å². The number of carbonyl (C=O) groups excluding carboxylic acids is 2. The third kappa shape index (κ3) is 9.28. The van der Waals surface area contributed by atoms with Crippen molar-refractivity contribution < 1.29 is 28.2 Å². The van der Waals surface area contributed by atoms with Crippen molar-refractivity contribution in [1.29, 1.82) is 0 Å². The summed E-state index contributed by atoms with van der Waals surface area (Å²) in [6.07, 6.45) is 8.65. The van der Waals surface area contributed by atoms with E-state index in [1.54, 1.807) is 0 Å². The Morgan fingerprint density at radius 2 is 1.70 bits per heavy atom. The Bertz CT molecular complexity index is 824. The highest BCUT2D eigenvalue weighted by atomic mass is 35.5. The highest BCUT2D eigenvalue weighted by molar-refractivity contribution is 6.18. The number of nitrogens with two attached hydrogens (primary N) is 1. The zero-order valence-corrected chi connectivity index (χ0v) is 23.0. The normalized spacial score (nSPS) is 25.3. The van der Waals surface area contributed by atoms with Crippen LogP contribution in [0.15, 0.2) is 29.7 Å². The van der Waals surface area contributed by atoms with Gasteiger partial charge in [0.15, 0.2) is 24.1 Å². The van der Waals surface area contributed by atoms with E-state index < -0.39 is 36.0 Å². The molecule has 0 aromatic rings. The summed E-state index contributed by atoms with van der Waals surface area (Å²) in [6, 6.07) is 0. The maximum atomic E-state index is 15.9. The molecule has 2 rings (SSSR count). The molecule has 0 spiro atoms. The summed E-state index contributed by atoms with van der Waals surface area (Å²) in [6.45, 7) is 7.71. The van der Waals surface area contributed by atoms with Gasteiger partial charge in [-0.2, -0.15) is 0 Å². The lowest BCUT2D eigenvalue weighted by molar-refractivity contribution is -0.174. The maximum Gasteiger partial charge on any atom is 0.306 e. The third-order valence-electron chi connectivity index (χ3n) is 6.60. The molecule has 10 heteroatoms. The standard InChI is InChI=1S/C27H43ClFN3O5/c1-4-6-8-10-12-14-22(33)35-19-27(18-28)25(36-23(34)15-13-11-9-7-5-2)24(29)26(37-27)32-17-16-21(30)31-20(32)3/h16-17,24-26H,3-15,18-19H2,1-2H3,(H2,30,31)/t24-,25+,26-,27-/m1/s1. The molecule has 2 aliphatic heterocycles. The topological polar surface area (TPSA) is 103 Å². The van der Waals surface area contributed by atoms with Crippen molar-refractivity contribution in [3.8, 4) is 0 Å². The van der Waals surface area contributed by atoms with E-state index in [0.717, 1.165) is 51.4 Å². The molecule has 1 saturated heterocycles. The first kappa shape index (κ1) is 31.1. The van der Waals surface area contributed by atoms with Crippen LogP contribution in [-0.2, 0) is 23.8 Å². The van der Waals surface area contributed by atoms with Gasteiger partial charge in [-0.05, 0) is 18.9 Å². The molecule has 37 heavy (non-hydrogen) atoms. The van der Waals surface area contributed by atoms with Crippen LogP contribution in [0.5, 0.6) is 0 Å². The molecule has 0 saturated carbocycles. The van der Waals surface area contributed by atoms with E-state index in [9.17, 15) is 9.59 Å². The first-order chi connectivity index (χ1) is 17.8. The van der Waals surface area contributed by atoms with Gasteiger partial charge in [0.05, 0.1) is 5.88 Å². The molecule has 210 valence electrons. The molecule has 4 atom stereocenters. The molecule has 0 unspecified atom stereocenters. The van der Waals surface area contributed by atoms with Crippen molar-refractivity contribution in [3.05, 3.63) is 24.7 Å². The lowest BCUT2D eigenvalue weighted by atomic mass is 9.98. The number of rotatable bonds is 17. The molecule has 0 amide bonds. The molecule has 0 aromatic carbocycles. The van der Waals surface area contributed by atoms with Crippen LogP contribution in [-0.4, -0.2) is 59.3 Å². The van der Waals surface area contributed by atoms with Gasteiger partial charge in [-0.3, -0.25) is 9.59 Å². The molecule has 0 aliphatic carbocycles. The van der Waals surface area contributed by atoms with Gasteiger partial charge in [-0.25, -0.2) is 9.38 Å². The Labute approximate surface area is 225 Å². The SMILES string of the molecule is C=C1N=C(N)C=CN1[C@@H]1O[C@](CCl)(COC(=O)CCCCCCC)[C@@H](OC(=O)CCCCCCC)[C@H]1F. The molecule has 1 fully saturated rings. The fourth-order valence-corrected chi connectivity index (χ4v) is 4.69. The van der Waals surface area contributed by atoms with Gasteiger partial charge in [0.1, 0.15) is 18.3 Å². The zero-order valence-electron chi connectivity index (χ0n) is 22.3. The lowest BCUT2D eigenvalue weighted by Gasteiger charge is -2.32. The van der Waals surface area contributed by atoms with Crippen LogP contribution in [0.2, 0.25) is 0 Å². The van der Waals surface area contributed by atoms with E-state index in [-0.39, 0.29) is 37.0 Å². The second kappa shape index (κ2) is 16.0. The molecular formula is C27H43ClFN3O5. The Kier molecular flexibility index (Phi) is 13.4. The third-order valence-corrected chi connectivity index (χ3v) is 7.06. The summed E-state index contributed by atoms with van der Waals surface area (Å²) in [5, 5.41) is 0. The van der Waals surface area contributed by atoms with Gasteiger partial charge in [0.25, 0.3) is 0 Å². The average molecular weight is 544 g/mol. The van der Waals surface area contributed by atoms with E-state index in [1.165, 1.54) is 17.2 Å². The molecule has 2 heterocycles. The second-order valence-corrected chi connectivity index (χ2v) is 9.99. The fraction of sp³-hybridized carbons (Fsp3) is 0.741. The summed E-state index contributed by atoms with van der Waals surface area (Å²) in [7, 11) is 0. The van der Waals surface area contributed by atoms with Crippen molar-refractivity contribution in [2.24, 2.45) is 10.7 Å². The van der Waals surface area contributed by atoms with Crippen LogP contribution in [0.4, 0.5) is 4.39 Å². The van der Waals surface area contributed by atoms with Crippen LogP contribution >= 0.6 is 11.6 Å². The van der Waals surface area contributed by atoms with Crippen molar-refractivity contribution in [1.82, 2.24) is 4.90 Å². The summed E-state index contributed by atoms with van der Waals surface area (Å²) in [5.41, 5.74) is 4.14. The summed E-state index contributed by atoms with van der Waals surface area (Å²) in [4.78, 5) is 30.5. The number of carbonyl (C=O) groups is 2. The molecule has 8 nitrogen and oxygen atoms in total. The first-order valence-electron chi connectivity index (χ1n) is 13.5. The summed E-state index contributed by atoms with van der Waals surface area (Å²) < 4.78 is 33.1. The predicted octanol–water partition coefficient (Wildman–Crippen LogP) is 5.49. The average Bonchev–Trinajstić information content (AvgIpc) is 3.14. The summed E-state index contributed by atoms with van der Waals surface area (Å²) in [5.74, 6) is -0.831. The number of aliphatic imine (C=N–C) groups is 1. The number of esters is 2. The zero-order chi connectivity index (χ0) is 27.3. The number of unbranched alkanes of at least 4 members (excludes halogenated alkanes) is 8. The number of nitrogens with zero attached hydrogens (tertiary/aromatic N) is 2. The highest BCUT2D eigenvalue weighted by Crippen LogP contribution is 2.40. The van der Waals surface area contributed by atoms with Crippen LogP contribution in [0.1, 0.15) is 90.9 Å². The van der Waals surface area contributed by atoms with E-state index in [2.05, 4.69) is 25.4 Å². The molecule has 0 radical (unpaired) electrons. The van der Waals surface area contributed by atoms with Crippen molar-refractivity contribution in [3.63, 3.8) is 0 Å². The maximum absolute atomic E-state index is 15.9. The number of alkyl halides is 2. The van der Waals surface area contributed by atoms with Gasteiger partial charge < -0.3 is 24.8 Å². The van der Waals surface area contributed by atoms with Gasteiger partial charge in [-0.15, -0.1) is 11.6 Å². The number of hydrogen-bond acceptors (Lipinski definition) is 8. The second-order valence-electron chi connectivity index (χ2n) is 9.73. The quantitative estimate of drug-likeness (QED) is 0.147. The van der Waals surface area contributed by atoms with Crippen LogP contribution in [0.3, 0.4) is 0 Å². The molecular weight excluding hydrogens is 501 g/mol. The molecule has 2 N–H and O–H groups in total. The predicted molar refractivity (Wildman–Crippen MR) is 143 cm³/mol. The van der Waals surface area contributed by atoms with Crippen molar-refractivity contribution in [2.75, 3.05) is 12.5 Å². The van der Waals surface area contributed by atoms with E-state index in [4.69, 9.17) is 31.5 Å². The molecule has 0 aromatic heterocycles. The van der Waals surface area contributed by atoms with Crippen molar-refractivity contribution >= 4 is 29.4 Å². The Morgan fingerprint density at radius 1 is 1.11 bits per heavy atom. The van der Waals surface area contributed by atoms with Gasteiger partial charge in [0, 0.05) is 19.0 Å². The fourth-order valence-electron chi connectivity index (χ4n) is 4.40. The highest BCUT2D eigenvalue weighted by Gasteiger charge is 2.60. The van der Waals surface area contributed by atoms with Crippen molar-refractivity contribution in [2.45, 2.75) is 115 Å². The largest absolute Gasteiger partial charge is 0.462 e. The van der Waals surface area contributed by atoms with Crippen LogP contribution in [0.25, 0.3) is 0 Å². The summed E-state index contributed by atoms with van der Waals surface area (Å²) >= 11 is 6.30. The Morgan fingerprint density at radius 3 is 2.27 bits per heavy atom. The Balaban J connectivity index is 2.10. The minimum Gasteiger partial charge on any atom is -0.462 e. The van der Waals surface area contributed by atoms with E-state index in [1.807, 2.05) is 0 Å². The van der Waals surface area contributed by atoms with Gasteiger partial charge in [-0.1, -0.05) is 71.8 Å². The Hall–Kier alpha value is -2.13. The van der Waals surface area contributed by atoms with Gasteiger partial charge in [0.2, 0.25) is 0 Å². The van der Waals surface area contributed by atoms with E-state index >= 15 is 4.39 Å². The molecule has 2 aliphatic rings. The number of amidine groups is 1.